The third kappa shape index (κ3) is 2.05. The predicted molar refractivity (Wildman–Crippen MR) is 65.4 cm³/mol. The quantitative estimate of drug-likeness (QED) is 0.683. The molecule has 1 aromatic carbocycles. The molecule has 0 radical (unpaired) electrons. The normalized spacial score (nSPS) is 24.4. The minimum absolute atomic E-state index is 0.148. The van der Waals surface area contributed by atoms with Crippen LogP contribution in [0.1, 0.15) is 12.5 Å². The Morgan fingerprint density at radius 2 is 1.17 bits per heavy atom. The fourth-order valence-corrected chi connectivity index (χ4v) is 2.33. The van der Waals surface area contributed by atoms with Gasteiger partial charge in [-0.1, -0.05) is 12.1 Å². The lowest BCUT2D eigenvalue weighted by Gasteiger charge is -2.43. The van der Waals surface area contributed by atoms with Crippen molar-refractivity contribution in [3.05, 3.63) is 35.4 Å². The van der Waals surface area contributed by atoms with Crippen LogP contribution in [-0.4, -0.2) is 30.8 Å². The second kappa shape index (κ2) is 4.85. The van der Waals surface area contributed by atoms with Gasteiger partial charge in [0.25, 0.3) is 0 Å². The summed E-state index contributed by atoms with van der Waals surface area (Å²) in [5, 5.41) is 0. The monoisotopic (exact) mass is 346 g/mol. The molecule has 1 aromatic rings. The molecule has 2 rings (SSSR count). The van der Waals surface area contributed by atoms with Gasteiger partial charge in [-0.2, -0.15) is 35.1 Å². The Bertz CT molecular complexity index is 645. The number of methoxy groups -OCH3 is 1. The number of alkyl halides is 8. The molecule has 0 bridgehead atoms. The Morgan fingerprint density at radius 1 is 0.739 bits per heavy atom. The van der Waals surface area contributed by atoms with Crippen molar-refractivity contribution < 1.29 is 39.9 Å². The first-order chi connectivity index (χ1) is 10.3. The average Bonchev–Trinajstić information content (AvgIpc) is 2.46. The average molecular weight is 346 g/mol. The number of rotatable bonds is 2. The second-order valence-electron chi connectivity index (χ2n) is 5.03. The maximum absolute atomic E-state index is 14.0. The molecule has 0 aromatic heterocycles. The summed E-state index contributed by atoms with van der Waals surface area (Å²) < 4.78 is 113. The first-order valence-electron chi connectivity index (χ1n) is 6.20. The molecule has 1 nitrogen and oxygen atoms in total. The van der Waals surface area contributed by atoms with Crippen molar-refractivity contribution in [2.75, 3.05) is 7.11 Å². The number of benzene rings is 1. The van der Waals surface area contributed by atoms with Gasteiger partial charge in [0.05, 0.1) is 7.11 Å². The van der Waals surface area contributed by atoms with Gasteiger partial charge in [0.2, 0.25) is 0 Å². The minimum Gasteiger partial charge on any atom is -0.497 e. The summed E-state index contributed by atoms with van der Waals surface area (Å²) >= 11 is 0. The topological polar surface area (TPSA) is 9.23 Å². The fraction of sp³-hybridized carbons (Fsp3) is 0.429. The van der Waals surface area contributed by atoms with Crippen LogP contribution in [0, 0.1) is 0 Å². The van der Waals surface area contributed by atoms with E-state index in [0.29, 0.717) is 0 Å². The molecule has 0 N–H and O–H groups in total. The molecule has 128 valence electrons. The number of hydrogen-bond donors (Lipinski definition) is 0. The predicted octanol–water partition coefficient (Wildman–Crippen LogP) is 5.02. The van der Waals surface area contributed by atoms with Crippen LogP contribution >= 0.6 is 0 Å². The van der Waals surface area contributed by atoms with Crippen LogP contribution < -0.4 is 4.74 Å². The summed E-state index contributed by atoms with van der Waals surface area (Å²) in [5.74, 6) is -23.2. The van der Waals surface area contributed by atoms with Crippen LogP contribution in [0.2, 0.25) is 0 Å². The van der Waals surface area contributed by atoms with E-state index in [1.807, 2.05) is 0 Å². The van der Waals surface area contributed by atoms with Gasteiger partial charge in [0.15, 0.2) is 0 Å². The number of ether oxygens (including phenoxy) is 1. The third-order valence-electron chi connectivity index (χ3n) is 3.72. The van der Waals surface area contributed by atoms with E-state index in [0.717, 1.165) is 24.3 Å². The van der Waals surface area contributed by atoms with E-state index in [-0.39, 0.29) is 12.7 Å². The van der Waals surface area contributed by atoms with Crippen LogP contribution in [0.25, 0.3) is 5.57 Å². The van der Waals surface area contributed by atoms with Crippen LogP contribution in [0.4, 0.5) is 35.1 Å². The molecule has 0 saturated carbocycles. The molecule has 23 heavy (non-hydrogen) atoms. The van der Waals surface area contributed by atoms with Crippen molar-refractivity contribution in [2.45, 2.75) is 30.6 Å². The zero-order valence-corrected chi connectivity index (χ0v) is 11.7. The molecule has 0 spiro atoms. The van der Waals surface area contributed by atoms with Crippen molar-refractivity contribution in [1.29, 1.82) is 0 Å². The number of allylic oxidation sites excluding steroid dienone is 2. The van der Waals surface area contributed by atoms with Crippen LogP contribution in [-0.2, 0) is 0 Å². The smallest absolute Gasteiger partial charge is 0.382 e. The van der Waals surface area contributed by atoms with Crippen LogP contribution in [0.5, 0.6) is 5.75 Å². The molecule has 0 saturated heterocycles. The van der Waals surface area contributed by atoms with Crippen molar-refractivity contribution in [3.63, 3.8) is 0 Å². The Kier molecular flexibility index (Phi) is 3.70. The number of halogens is 8. The van der Waals surface area contributed by atoms with Crippen molar-refractivity contribution in [1.82, 2.24) is 0 Å². The van der Waals surface area contributed by atoms with Gasteiger partial charge in [-0.05, 0) is 24.6 Å². The van der Waals surface area contributed by atoms with Crippen LogP contribution in [0.15, 0.2) is 29.8 Å². The largest absolute Gasteiger partial charge is 0.497 e. The van der Waals surface area contributed by atoms with Gasteiger partial charge < -0.3 is 4.74 Å². The summed E-state index contributed by atoms with van der Waals surface area (Å²) in [6.45, 7) is 0.288. The molecular weight excluding hydrogens is 336 g/mol. The summed E-state index contributed by atoms with van der Waals surface area (Å²) in [7, 11) is 1.23. The molecule has 9 heteroatoms. The van der Waals surface area contributed by atoms with Crippen LogP contribution in [0.3, 0.4) is 0 Å². The van der Waals surface area contributed by atoms with E-state index in [1.54, 1.807) is 0 Å². The summed E-state index contributed by atoms with van der Waals surface area (Å²) in [5.41, 5.74) is -4.34. The zero-order chi connectivity index (χ0) is 17.8. The zero-order valence-electron chi connectivity index (χ0n) is 11.7. The van der Waals surface area contributed by atoms with Crippen molar-refractivity contribution >= 4 is 5.57 Å². The maximum atomic E-state index is 14.0. The molecule has 1 aliphatic carbocycles. The molecule has 0 heterocycles. The van der Waals surface area contributed by atoms with E-state index in [1.165, 1.54) is 7.11 Å². The second-order valence-corrected chi connectivity index (χ2v) is 5.03. The summed E-state index contributed by atoms with van der Waals surface area (Å²) in [6.07, 6.45) is 0. The summed E-state index contributed by atoms with van der Waals surface area (Å²) in [6, 6.07) is 3.77. The van der Waals surface area contributed by atoms with E-state index >= 15 is 0 Å². The maximum Gasteiger partial charge on any atom is 0.382 e. The molecule has 1 aliphatic rings. The highest BCUT2D eigenvalue weighted by atomic mass is 19.4. The van der Waals surface area contributed by atoms with Gasteiger partial charge in [-0.25, -0.2) is 0 Å². The Balaban J connectivity index is 2.78. The Labute approximate surface area is 125 Å². The highest BCUT2D eigenvalue weighted by Gasteiger charge is 2.85. The lowest BCUT2D eigenvalue weighted by molar-refractivity contribution is -0.351. The van der Waals surface area contributed by atoms with E-state index in [4.69, 9.17) is 4.74 Å². The highest BCUT2D eigenvalue weighted by Crippen LogP contribution is 2.63. The lowest BCUT2D eigenvalue weighted by Crippen LogP contribution is -2.66. The summed E-state index contributed by atoms with van der Waals surface area (Å²) in [4.78, 5) is 0. The van der Waals surface area contributed by atoms with E-state index in [2.05, 4.69) is 0 Å². The van der Waals surface area contributed by atoms with Crippen molar-refractivity contribution in [3.8, 4) is 5.75 Å². The molecular formula is C14H10F8O. The van der Waals surface area contributed by atoms with Gasteiger partial charge in [-0.3, -0.25) is 0 Å². The Hall–Kier alpha value is -1.80. The standard InChI is InChI=1S/C14H10F8O/c1-7-10(8-3-5-9(23-2)6-4-8)12(17,18)14(21,22)13(19,20)11(7,15)16/h3-6H,1-2H3. The van der Waals surface area contributed by atoms with Gasteiger partial charge >= 0.3 is 23.7 Å². The van der Waals surface area contributed by atoms with E-state index < -0.39 is 40.4 Å². The molecule has 0 unspecified atom stereocenters. The van der Waals surface area contributed by atoms with Crippen molar-refractivity contribution in [2.24, 2.45) is 0 Å². The molecule has 0 amide bonds. The van der Waals surface area contributed by atoms with Gasteiger partial charge in [0, 0.05) is 11.1 Å². The first-order valence-corrected chi connectivity index (χ1v) is 6.20. The Morgan fingerprint density at radius 3 is 1.61 bits per heavy atom. The van der Waals surface area contributed by atoms with Gasteiger partial charge in [0.1, 0.15) is 5.75 Å². The first kappa shape index (κ1) is 17.6. The molecule has 0 fully saturated rings. The van der Waals surface area contributed by atoms with E-state index in [9.17, 15) is 35.1 Å². The third-order valence-corrected chi connectivity index (χ3v) is 3.72. The highest BCUT2D eigenvalue weighted by molar-refractivity contribution is 5.78. The SMILES string of the molecule is COc1ccc(C2=C(C)C(F)(F)C(F)(F)C(F)(F)C2(F)F)cc1. The molecule has 0 atom stereocenters. The lowest BCUT2D eigenvalue weighted by atomic mass is 9.78. The fourth-order valence-electron chi connectivity index (χ4n) is 2.33. The number of hydrogen-bond acceptors (Lipinski definition) is 1. The minimum atomic E-state index is -6.25. The molecule has 0 aliphatic heterocycles. The van der Waals surface area contributed by atoms with Gasteiger partial charge in [-0.15, -0.1) is 0 Å².